The van der Waals surface area contributed by atoms with E-state index in [4.69, 9.17) is 6.21 Å². The molecule has 72 valence electrons. The summed E-state index contributed by atoms with van der Waals surface area (Å²) in [6.07, 6.45) is 0.164. The molecule has 0 amide bonds. The molecule has 0 spiro atoms. The Labute approximate surface area is 81.6 Å². The van der Waals surface area contributed by atoms with E-state index in [1.54, 1.807) is 0 Å². The molecule has 0 saturated carbocycles. The largest absolute Gasteiger partial charge is 0.396 e. The second-order valence-electron chi connectivity index (χ2n) is 1.99. The van der Waals surface area contributed by atoms with E-state index < -0.39 is 0 Å². The Morgan fingerprint density at radius 1 is 1.38 bits per heavy atom. The minimum absolute atomic E-state index is 0.164. The zero-order valence-corrected chi connectivity index (χ0v) is 8.45. The molecule has 0 fully saturated rings. The minimum atomic E-state index is 0.164. The average Bonchev–Trinajstić information content (AvgIpc) is 2.30. The lowest BCUT2D eigenvalue weighted by atomic mass is 10.2. The zero-order valence-electron chi connectivity index (χ0n) is 9.45. The fourth-order valence-corrected chi connectivity index (χ4v) is 0.662. The highest BCUT2D eigenvalue weighted by Crippen LogP contribution is 1.93. The SMILES string of the molecule is CC.[3H]/C(=N\OCC)c1ccccc1. The third kappa shape index (κ3) is 5.91. The fourth-order valence-electron chi connectivity index (χ4n) is 0.662. The Hall–Kier alpha value is -1.31. The highest BCUT2D eigenvalue weighted by molar-refractivity contribution is 5.78. The first-order valence-corrected chi connectivity index (χ1v) is 4.56. The van der Waals surface area contributed by atoms with Crippen molar-refractivity contribution >= 4 is 6.19 Å². The van der Waals surface area contributed by atoms with Gasteiger partial charge in [0.25, 0.3) is 0 Å². The number of rotatable bonds is 3. The van der Waals surface area contributed by atoms with E-state index in [1.165, 1.54) is 0 Å². The smallest absolute Gasteiger partial charge is 0.114 e. The van der Waals surface area contributed by atoms with Crippen molar-refractivity contribution in [2.24, 2.45) is 5.16 Å². The molecule has 0 bridgehead atoms. The lowest BCUT2D eigenvalue weighted by Gasteiger charge is -1.91. The van der Waals surface area contributed by atoms with Gasteiger partial charge in [-0.3, -0.25) is 0 Å². The van der Waals surface area contributed by atoms with Gasteiger partial charge in [0.15, 0.2) is 0 Å². The van der Waals surface area contributed by atoms with Crippen molar-refractivity contribution in [3.8, 4) is 0 Å². The predicted octanol–water partition coefficient (Wildman–Crippen LogP) is 3.08. The zero-order chi connectivity index (χ0) is 10.8. The molecule has 1 aromatic rings. The van der Waals surface area contributed by atoms with Crippen molar-refractivity contribution < 1.29 is 6.21 Å². The van der Waals surface area contributed by atoms with Crippen LogP contribution in [-0.2, 0) is 4.84 Å². The normalized spacial score (nSPS) is 11.0. The second-order valence-corrected chi connectivity index (χ2v) is 1.99. The maximum absolute atomic E-state index is 7.44. The van der Waals surface area contributed by atoms with Crippen LogP contribution in [0.3, 0.4) is 0 Å². The molecule has 0 unspecified atom stereocenters. The quantitative estimate of drug-likeness (QED) is 0.518. The Balaban J connectivity index is 0.000000791. The van der Waals surface area contributed by atoms with Crippen LogP contribution >= 0.6 is 0 Å². The van der Waals surface area contributed by atoms with Gasteiger partial charge in [-0.05, 0) is 12.5 Å². The Morgan fingerprint density at radius 3 is 2.54 bits per heavy atom. The Kier molecular flexibility index (Phi) is 6.60. The van der Waals surface area contributed by atoms with Crippen LogP contribution in [0.2, 0.25) is 0 Å². The van der Waals surface area contributed by atoms with Gasteiger partial charge >= 0.3 is 0 Å². The standard InChI is InChI=1S/C9H11NO.C2H6/c1-2-11-10-8-9-6-4-3-5-7-9;1-2/h3-8H,2H2,1H3;1-2H3/b10-8+;/i8T;. The molecule has 0 aromatic heterocycles. The van der Waals surface area contributed by atoms with Gasteiger partial charge in [0, 0.05) is 0 Å². The maximum Gasteiger partial charge on any atom is 0.114 e. The van der Waals surface area contributed by atoms with Crippen molar-refractivity contribution in [1.29, 1.82) is 0 Å². The highest BCUT2D eigenvalue weighted by atomic mass is 16.6. The number of nitrogens with zero attached hydrogens (tertiary/aromatic N) is 1. The summed E-state index contributed by atoms with van der Waals surface area (Å²) in [7, 11) is 0. The number of hydrogen-bond donors (Lipinski definition) is 0. The molecule has 2 nitrogen and oxygen atoms in total. The van der Waals surface area contributed by atoms with Crippen molar-refractivity contribution in [3.05, 3.63) is 35.9 Å². The topological polar surface area (TPSA) is 21.6 Å². The van der Waals surface area contributed by atoms with Crippen LogP contribution in [0.5, 0.6) is 0 Å². The molecule has 0 aliphatic heterocycles. The summed E-state index contributed by atoms with van der Waals surface area (Å²) >= 11 is 0. The van der Waals surface area contributed by atoms with E-state index in [-0.39, 0.29) is 6.19 Å². The number of oxime groups is 1. The molecule has 1 rings (SSSR count). The molecular formula is C11H17NO. The first-order chi connectivity index (χ1) is 6.84. The molecule has 0 saturated heterocycles. The van der Waals surface area contributed by atoms with Crippen LogP contribution in [0.1, 0.15) is 27.7 Å². The summed E-state index contributed by atoms with van der Waals surface area (Å²) in [6.45, 7) is 6.33. The molecule has 2 heteroatoms. The van der Waals surface area contributed by atoms with Gasteiger partial charge in [-0.2, -0.15) is 0 Å². The Morgan fingerprint density at radius 2 is 2.00 bits per heavy atom. The van der Waals surface area contributed by atoms with E-state index in [1.807, 2.05) is 51.1 Å². The van der Waals surface area contributed by atoms with Crippen LogP contribution in [0, 0.1) is 0 Å². The summed E-state index contributed by atoms with van der Waals surface area (Å²) in [5.74, 6) is 0. The van der Waals surface area contributed by atoms with Gasteiger partial charge in [-0.15, -0.1) is 0 Å². The predicted molar refractivity (Wildman–Crippen MR) is 57.0 cm³/mol. The van der Waals surface area contributed by atoms with Crippen LogP contribution in [0.4, 0.5) is 0 Å². The first-order valence-electron chi connectivity index (χ1n) is 5.06. The molecule has 0 atom stereocenters. The minimum Gasteiger partial charge on any atom is -0.396 e. The monoisotopic (exact) mass is 181 g/mol. The van der Waals surface area contributed by atoms with Gasteiger partial charge in [-0.25, -0.2) is 0 Å². The molecular weight excluding hydrogens is 162 g/mol. The van der Waals surface area contributed by atoms with Crippen molar-refractivity contribution in [2.75, 3.05) is 6.61 Å². The second kappa shape index (κ2) is 8.78. The summed E-state index contributed by atoms with van der Waals surface area (Å²) in [5, 5.41) is 3.60. The van der Waals surface area contributed by atoms with Gasteiger partial charge in [0.2, 0.25) is 0 Å². The van der Waals surface area contributed by atoms with Crippen LogP contribution in [0.15, 0.2) is 35.5 Å². The van der Waals surface area contributed by atoms with Crippen molar-refractivity contribution in [1.82, 2.24) is 0 Å². The first kappa shape index (κ1) is 9.78. The summed E-state index contributed by atoms with van der Waals surface area (Å²) < 4.78 is 7.44. The summed E-state index contributed by atoms with van der Waals surface area (Å²) in [5.41, 5.74) is 0.769. The third-order valence-corrected chi connectivity index (χ3v) is 1.14. The van der Waals surface area contributed by atoms with E-state index in [9.17, 15) is 0 Å². The van der Waals surface area contributed by atoms with E-state index in [0.717, 1.165) is 5.56 Å². The molecule has 0 heterocycles. The number of hydrogen-bond acceptors (Lipinski definition) is 2. The Bertz CT molecular complexity index is 259. The van der Waals surface area contributed by atoms with Crippen LogP contribution in [0.25, 0.3) is 0 Å². The maximum atomic E-state index is 7.44. The van der Waals surface area contributed by atoms with Crippen molar-refractivity contribution in [3.63, 3.8) is 0 Å². The molecule has 0 aliphatic carbocycles. The molecule has 1 aromatic carbocycles. The summed E-state index contributed by atoms with van der Waals surface area (Å²) in [4.78, 5) is 4.75. The van der Waals surface area contributed by atoms with E-state index in [2.05, 4.69) is 5.16 Å². The third-order valence-electron chi connectivity index (χ3n) is 1.14. The molecule has 0 N–H and O–H groups in total. The fraction of sp³-hybridized carbons (Fsp3) is 0.364. The molecule has 0 radical (unpaired) electrons. The van der Waals surface area contributed by atoms with Gasteiger partial charge in [0.05, 0.1) is 7.56 Å². The van der Waals surface area contributed by atoms with Gasteiger partial charge in [-0.1, -0.05) is 49.3 Å². The average molecular weight is 181 g/mol. The highest BCUT2D eigenvalue weighted by Gasteiger charge is 1.81. The lowest BCUT2D eigenvalue weighted by Crippen LogP contribution is -1.82. The van der Waals surface area contributed by atoms with Gasteiger partial charge in [0.1, 0.15) is 6.61 Å². The van der Waals surface area contributed by atoms with Crippen LogP contribution in [-0.4, -0.2) is 12.8 Å². The van der Waals surface area contributed by atoms with E-state index in [0.29, 0.717) is 6.61 Å². The molecule has 0 aliphatic rings. The molecule has 13 heavy (non-hydrogen) atoms. The summed E-state index contributed by atoms with van der Waals surface area (Å²) in [6, 6.07) is 9.28. The lowest BCUT2D eigenvalue weighted by molar-refractivity contribution is 0.160. The van der Waals surface area contributed by atoms with Gasteiger partial charge < -0.3 is 4.84 Å². The van der Waals surface area contributed by atoms with Crippen molar-refractivity contribution in [2.45, 2.75) is 20.8 Å². The number of benzene rings is 1. The van der Waals surface area contributed by atoms with Crippen LogP contribution < -0.4 is 0 Å². The van der Waals surface area contributed by atoms with E-state index >= 15 is 0 Å².